The van der Waals surface area contributed by atoms with Gasteiger partial charge in [-0.2, -0.15) is 5.10 Å². The van der Waals surface area contributed by atoms with Gasteiger partial charge in [0.25, 0.3) is 0 Å². The minimum absolute atomic E-state index is 0.0449. The lowest BCUT2D eigenvalue weighted by Crippen LogP contribution is -2.08. The number of aromatic nitrogens is 3. The molecule has 2 heterocycles. The molecule has 0 atom stereocenters. The maximum atomic E-state index is 11.4. The maximum Gasteiger partial charge on any atom is 0.354 e. The third-order valence-corrected chi connectivity index (χ3v) is 3.57. The Morgan fingerprint density at radius 2 is 2.19 bits per heavy atom. The summed E-state index contributed by atoms with van der Waals surface area (Å²) in [7, 11) is 1.58. The molecule has 0 saturated heterocycles. The van der Waals surface area contributed by atoms with E-state index in [-0.39, 0.29) is 5.69 Å². The highest BCUT2D eigenvalue weighted by atomic mass is 79.9. The predicted octanol–water partition coefficient (Wildman–Crippen LogP) is 2.87. The molecular formula is C14H10BrN3O3. The number of hydrogen-bond acceptors (Lipinski definition) is 4. The molecule has 1 N–H and O–H groups in total. The lowest BCUT2D eigenvalue weighted by Gasteiger charge is -2.07. The van der Waals surface area contributed by atoms with Gasteiger partial charge in [-0.1, -0.05) is 12.1 Å². The SMILES string of the molecule is COc1cccc(-c2cc(C(=O)O)n3ncc(Br)c3n2)c1. The first-order valence-corrected chi connectivity index (χ1v) is 6.81. The molecule has 0 bridgehead atoms. The number of nitrogens with zero attached hydrogens (tertiary/aromatic N) is 3. The van der Waals surface area contributed by atoms with E-state index in [1.807, 2.05) is 18.2 Å². The first kappa shape index (κ1) is 13.6. The predicted molar refractivity (Wildman–Crippen MR) is 79.6 cm³/mol. The molecule has 0 aliphatic carbocycles. The van der Waals surface area contributed by atoms with Gasteiger partial charge in [-0.25, -0.2) is 14.3 Å². The van der Waals surface area contributed by atoms with E-state index in [4.69, 9.17) is 4.74 Å². The Labute approximate surface area is 128 Å². The van der Waals surface area contributed by atoms with E-state index in [0.717, 1.165) is 5.56 Å². The van der Waals surface area contributed by atoms with Crippen molar-refractivity contribution in [1.29, 1.82) is 0 Å². The summed E-state index contributed by atoms with van der Waals surface area (Å²) >= 11 is 3.32. The number of benzene rings is 1. The van der Waals surface area contributed by atoms with Gasteiger partial charge in [0.15, 0.2) is 11.3 Å². The number of fused-ring (bicyclic) bond motifs is 1. The Kier molecular flexibility index (Phi) is 3.34. The van der Waals surface area contributed by atoms with E-state index >= 15 is 0 Å². The van der Waals surface area contributed by atoms with Crippen molar-refractivity contribution in [1.82, 2.24) is 14.6 Å². The molecule has 0 saturated carbocycles. The van der Waals surface area contributed by atoms with Crippen molar-refractivity contribution < 1.29 is 14.6 Å². The number of carboxylic acids is 1. The first-order chi connectivity index (χ1) is 10.1. The van der Waals surface area contributed by atoms with E-state index in [2.05, 4.69) is 26.0 Å². The number of ether oxygens (including phenoxy) is 1. The minimum Gasteiger partial charge on any atom is -0.497 e. The smallest absolute Gasteiger partial charge is 0.354 e. The van der Waals surface area contributed by atoms with Crippen LogP contribution in [-0.2, 0) is 0 Å². The molecule has 3 rings (SSSR count). The van der Waals surface area contributed by atoms with Crippen LogP contribution in [0.3, 0.4) is 0 Å². The molecule has 106 valence electrons. The Balaban J connectivity index is 2.27. The van der Waals surface area contributed by atoms with Gasteiger partial charge in [-0.3, -0.25) is 0 Å². The van der Waals surface area contributed by atoms with Gasteiger partial charge < -0.3 is 9.84 Å². The normalized spacial score (nSPS) is 10.8. The molecule has 7 heteroatoms. The van der Waals surface area contributed by atoms with Gasteiger partial charge in [-0.05, 0) is 34.1 Å². The Hall–Kier alpha value is -2.41. The topological polar surface area (TPSA) is 76.7 Å². The van der Waals surface area contributed by atoms with Crippen molar-refractivity contribution in [3.05, 3.63) is 46.7 Å². The third kappa shape index (κ3) is 2.36. The summed E-state index contributed by atoms with van der Waals surface area (Å²) in [5, 5.41) is 13.3. The second kappa shape index (κ2) is 5.17. The van der Waals surface area contributed by atoms with E-state index in [1.54, 1.807) is 13.2 Å². The van der Waals surface area contributed by atoms with Crippen molar-refractivity contribution in [3.8, 4) is 17.0 Å². The van der Waals surface area contributed by atoms with Crippen LogP contribution in [0.2, 0.25) is 0 Å². The molecule has 0 fully saturated rings. The second-order valence-electron chi connectivity index (χ2n) is 4.29. The molecule has 0 radical (unpaired) electrons. The third-order valence-electron chi connectivity index (χ3n) is 3.01. The van der Waals surface area contributed by atoms with Gasteiger partial charge in [-0.15, -0.1) is 0 Å². The number of methoxy groups -OCH3 is 1. The van der Waals surface area contributed by atoms with Gasteiger partial charge >= 0.3 is 5.97 Å². The monoisotopic (exact) mass is 347 g/mol. The maximum absolute atomic E-state index is 11.4. The molecule has 0 aliphatic rings. The molecule has 0 unspecified atom stereocenters. The minimum atomic E-state index is -1.07. The fraction of sp³-hybridized carbons (Fsp3) is 0.0714. The average molecular weight is 348 g/mol. The van der Waals surface area contributed by atoms with Crippen LogP contribution in [0.4, 0.5) is 0 Å². The van der Waals surface area contributed by atoms with Crippen LogP contribution in [0, 0.1) is 0 Å². The second-order valence-corrected chi connectivity index (χ2v) is 5.15. The summed E-state index contributed by atoms with van der Waals surface area (Å²) in [6, 6.07) is 8.77. The van der Waals surface area contributed by atoms with Crippen molar-refractivity contribution in [2.24, 2.45) is 0 Å². The summed E-state index contributed by atoms with van der Waals surface area (Å²) in [6.07, 6.45) is 1.52. The number of hydrogen-bond donors (Lipinski definition) is 1. The Morgan fingerprint density at radius 1 is 1.38 bits per heavy atom. The largest absolute Gasteiger partial charge is 0.497 e. The van der Waals surface area contributed by atoms with E-state index < -0.39 is 5.97 Å². The van der Waals surface area contributed by atoms with Crippen LogP contribution in [0.15, 0.2) is 41.0 Å². The molecule has 0 aliphatic heterocycles. The first-order valence-electron chi connectivity index (χ1n) is 6.02. The fourth-order valence-corrected chi connectivity index (χ4v) is 2.37. The number of rotatable bonds is 3. The van der Waals surface area contributed by atoms with Crippen LogP contribution in [0.5, 0.6) is 5.75 Å². The van der Waals surface area contributed by atoms with Gasteiger partial charge in [0.1, 0.15) is 5.75 Å². The van der Waals surface area contributed by atoms with Gasteiger partial charge in [0.2, 0.25) is 0 Å². The number of halogens is 1. The zero-order valence-electron chi connectivity index (χ0n) is 10.9. The van der Waals surface area contributed by atoms with Crippen molar-refractivity contribution >= 4 is 27.5 Å². The average Bonchev–Trinajstić information content (AvgIpc) is 2.88. The lowest BCUT2D eigenvalue weighted by atomic mass is 10.1. The van der Waals surface area contributed by atoms with Crippen LogP contribution in [-0.4, -0.2) is 32.8 Å². The highest BCUT2D eigenvalue weighted by Crippen LogP contribution is 2.26. The molecule has 0 spiro atoms. The Morgan fingerprint density at radius 3 is 2.90 bits per heavy atom. The number of carboxylic acid groups (broad SMARTS) is 1. The molecule has 1 aromatic carbocycles. The van der Waals surface area contributed by atoms with E-state index in [9.17, 15) is 9.90 Å². The van der Waals surface area contributed by atoms with E-state index in [0.29, 0.717) is 21.6 Å². The summed E-state index contributed by atoms with van der Waals surface area (Å²) in [5.74, 6) is -0.388. The molecular weight excluding hydrogens is 338 g/mol. The molecule has 21 heavy (non-hydrogen) atoms. The standard InChI is InChI=1S/C14H10BrN3O3/c1-21-9-4-2-3-8(5-9)11-6-12(14(19)20)18-13(17-11)10(15)7-16-18/h2-7H,1H3,(H,19,20). The van der Waals surface area contributed by atoms with Crippen LogP contribution in [0.1, 0.15) is 10.5 Å². The zero-order valence-corrected chi connectivity index (χ0v) is 12.5. The fourth-order valence-electron chi connectivity index (χ4n) is 2.02. The van der Waals surface area contributed by atoms with E-state index in [1.165, 1.54) is 16.8 Å². The lowest BCUT2D eigenvalue weighted by molar-refractivity contribution is 0.0687. The quantitative estimate of drug-likeness (QED) is 0.788. The van der Waals surface area contributed by atoms with Gasteiger partial charge in [0, 0.05) is 5.56 Å². The zero-order chi connectivity index (χ0) is 15.0. The molecule has 3 aromatic rings. The van der Waals surface area contributed by atoms with Crippen molar-refractivity contribution in [3.63, 3.8) is 0 Å². The summed E-state index contributed by atoms with van der Waals surface area (Å²) in [4.78, 5) is 15.9. The van der Waals surface area contributed by atoms with Crippen molar-refractivity contribution in [2.45, 2.75) is 0 Å². The molecule has 0 amide bonds. The van der Waals surface area contributed by atoms with Crippen LogP contribution in [0.25, 0.3) is 16.9 Å². The summed E-state index contributed by atoms with van der Waals surface area (Å²) in [5.41, 5.74) is 1.81. The van der Waals surface area contributed by atoms with Crippen LogP contribution >= 0.6 is 15.9 Å². The summed E-state index contributed by atoms with van der Waals surface area (Å²) in [6.45, 7) is 0. The number of aromatic carboxylic acids is 1. The van der Waals surface area contributed by atoms with Crippen LogP contribution < -0.4 is 4.74 Å². The molecule has 2 aromatic heterocycles. The molecule has 6 nitrogen and oxygen atoms in total. The summed E-state index contributed by atoms with van der Waals surface area (Å²) < 4.78 is 7.10. The van der Waals surface area contributed by atoms with Crippen molar-refractivity contribution in [2.75, 3.05) is 7.11 Å². The highest BCUT2D eigenvalue weighted by Gasteiger charge is 2.16. The highest BCUT2D eigenvalue weighted by molar-refractivity contribution is 9.10. The van der Waals surface area contributed by atoms with Gasteiger partial charge in [0.05, 0.1) is 23.5 Å². The Bertz CT molecular complexity index is 845. The number of carbonyl (C=O) groups is 1.